The van der Waals surface area contributed by atoms with Crippen LogP contribution >= 0.6 is 0 Å². The number of aromatic nitrogens is 6. The highest BCUT2D eigenvalue weighted by Gasteiger charge is 2.49. The van der Waals surface area contributed by atoms with Gasteiger partial charge in [-0.1, -0.05) is 17.2 Å². The van der Waals surface area contributed by atoms with Crippen LogP contribution in [0.15, 0.2) is 67.3 Å². The number of anilines is 1. The van der Waals surface area contributed by atoms with E-state index in [-0.39, 0.29) is 24.3 Å². The zero-order chi connectivity index (χ0) is 24.5. The number of tetrazole rings is 1. The number of imidazole rings is 1. The second kappa shape index (κ2) is 9.69. The van der Waals surface area contributed by atoms with Crippen molar-refractivity contribution in [2.24, 2.45) is 0 Å². The molecule has 0 amide bonds. The van der Waals surface area contributed by atoms with E-state index in [9.17, 15) is 0 Å². The van der Waals surface area contributed by atoms with Crippen molar-refractivity contribution in [1.29, 1.82) is 0 Å². The van der Waals surface area contributed by atoms with Crippen molar-refractivity contribution < 1.29 is 14.2 Å². The van der Waals surface area contributed by atoms with Crippen LogP contribution in [0, 0.1) is 0 Å². The van der Waals surface area contributed by atoms with E-state index in [2.05, 4.69) is 55.0 Å². The quantitative estimate of drug-likeness (QED) is 0.400. The molecule has 1 N–H and O–H groups in total. The number of hydrogen-bond donors (Lipinski definition) is 1. The Balaban J connectivity index is 1.09. The fraction of sp³-hybridized carbons (Fsp3) is 0.360. The van der Waals surface area contributed by atoms with Crippen molar-refractivity contribution >= 4 is 5.69 Å². The molecule has 186 valence electrons. The first-order chi connectivity index (χ1) is 17.7. The molecule has 2 aliphatic heterocycles. The third kappa shape index (κ3) is 4.43. The zero-order valence-corrected chi connectivity index (χ0v) is 20.1. The Morgan fingerprint density at radius 3 is 2.58 bits per heavy atom. The van der Waals surface area contributed by atoms with Crippen LogP contribution in [0.5, 0.6) is 11.8 Å². The minimum absolute atomic E-state index is 0.0810. The molecular weight excluding hydrogens is 460 g/mol. The van der Waals surface area contributed by atoms with Gasteiger partial charge in [0, 0.05) is 44.4 Å². The molecule has 0 spiro atoms. The third-order valence-corrected chi connectivity index (χ3v) is 6.67. The molecule has 4 heterocycles. The number of ether oxygens (including phenoxy) is 3. The fourth-order valence-electron chi connectivity index (χ4n) is 4.69. The van der Waals surface area contributed by atoms with Crippen molar-refractivity contribution in [3.8, 4) is 17.4 Å². The molecule has 11 nitrogen and oxygen atoms in total. The second-order valence-electron chi connectivity index (χ2n) is 9.18. The van der Waals surface area contributed by atoms with Gasteiger partial charge in [-0.25, -0.2) is 4.98 Å². The lowest BCUT2D eigenvalue weighted by Crippen LogP contribution is -2.40. The summed E-state index contributed by atoms with van der Waals surface area (Å²) in [6.45, 7) is 1.76. The van der Waals surface area contributed by atoms with Gasteiger partial charge in [-0.05, 0) is 52.4 Å². The van der Waals surface area contributed by atoms with Crippen molar-refractivity contribution in [3.63, 3.8) is 0 Å². The molecule has 6 rings (SSSR count). The van der Waals surface area contributed by atoms with Crippen molar-refractivity contribution in [1.82, 2.24) is 35.1 Å². The first-order valence-corrected chi connectivity index (χ1v) is 11.9. The van der Waals surface area contributed by atoms with Crippen molar-refractivity contribution in [2.75, 3.05) is 32.2 Å². The van der Waals surface area contributed by atoms with E-state index < -0.39 is 0 Å². The SMILES string of the molecule is CN(C)c1ccc(CN[C@@H]2CO[C@@H]3[C@@H]2OC[C@@H]3n2nnnc2Oc2ccc(-n3ccnc3)cc2)cc1. The molecule has 2 fully saturated rings. The van der Waals surface area contributed by atoms with Gasteiger partial charge in [0.25, 0.3) is 0 Å². The van der Waals surface area contributed by atoms with Gasteiger partial charge in [-0.2, -0.15) is 4.68 Å². The van der Waals surface area contributed by atoms with E-state index >= 15 is 0 Å². The van der Waals surface area contributed by atoms with Gasteiger partial charge in [0.15, 0.2) is 0 Å². The first kappa shape index (κ1) is 22.7. The largest absolute Gasteiger partial charge is 0.423 e. The molecule has 2 aliphatic rings. The molecule has 4 atom stereocenters. The number of hydrogen-bond acceptors (Lipinski definition) is 9. The summed E-state index contributed by atoms with van der Waals surface area (Å²) in [6, 6.07) is 16.4. The summed E-state index contributed by atoms with van der Waals surface area (Å²) < 4.78 is 21.9. The van der Waals surface area contributed by atoms with E-state index in [1.165, 1.54) is 11.3 Å². The van der Waals surface area contributed by atoms with Crippen molar-refractivity contribution in [3.05, 3.63) is 72.8 Å². The lowest BCUT2D eigenvalue weighted by molar-refractivity contribution is 0.0611. The van der Waals surface area contributed by atoms with Crippen LogP contribution in [-0.2, 0) is 16.0 Å². The Morgan fingerprint density at radius 2 is 1.83 bits per heavy atom. The first-order valence-electron chi connectivity index (χ1n) is 11.9. The second-order valence-corrected chi connectivity index (χ2v) is 9.18. The summed E-state index contributed by atoms with van der Waals surface area (Å²) in [7, 11) is 4.08. The summed E-state index contributed by atoms with van der Waals surface area (Å²) >= 11 is 0. The molecule has 2 saturated heterocycles. The highest BCUT2D eigenvalue weighted by molar-refractivity contribution is 5.46. The minimum atomic E-state index is -0.170. The topological polar surface area (TPSA) is 104 Å². The molecule has 0 bridgehead atoms. The van der Waals surface area contributed by atoms with Crippen molar-refractivity contribution in [2.45, 2.75) is 30.8 Å². The maximum atomic E-state index is 6.15. The van der Waals surface area contributed by atoms with Gasteiger partial charge in [-0.15, -0.1) is 0 Å². The van der Waals surface area contributed by atoms with Crippen LogP contribution in [-0.4, -0.2) is 75.3 Å². The van der Waals surface area contributed by atoms with Gasteiger partial charge in [0.05, 0.1) is 25.6 Å². The van der Waals surface area contributed by atoms with Gasteiger partial charge in [0.2, 0.25) is 0 Å². The Kier molecular flexibility index (Phi) is 6.09. The summed E-state index contributed by atoms with van der Waals surface area (Å²) in [5.41, 5.74) is 3.38. The number of fused-ring (bicyclic) bond motifs is 1. The van der Waals surface area contributed by atoms with Crippen LogP contribution in [0.4, 0.5) is 5.69 Å². The summed E-state index contributed by atoms with van der Waals surface area (Å²) in [5.74, 6) is 0.637. The molecule has 4 aromatic rings. The fourth-order valence-corrected chi connectivity index (χ4v) is 4.69. The van der Waals surface area contributed by atoms with E-state index in [0.29, 0.717) is 25.0 Å². The average molecular weight is 489 g/mol. The lowest BCUT2D eigenvalue weighted by atomic mass is 10.1. The maximum absolute atomic E-state index is 6.15. The highest BCUT2D eigenvalue weighted by atomic mass is 16.6. The van der Waals surface area contributed by atoms with Gasteiger partial charge in [0.1, 0.15) is 24.0 Å². The molecule has 36 heavy (non-hydrogen) atoms. The van der Waals surface area contributed by atoms with E-state index in [4.69, 9.17) is 14.2 Å². The highest BCUT2D eigenvalue weighted by Crippen LogP contribution is 2.36. The Bertz CT molecular complexity index is 1270. The van der Waals surface area contributed by atoms with Gasteiger partial charge >= 0.3 is 6.01 Å². The van der Waals surface area contributed by atoms with E-state index in [0.717, 1.165) is 12.2 Å². The monoisotopic (exact) mass is 488 g/mol. The average Bonchev–Trinajstić information content (AvgIpc) is 3.69. The minimum Gasteiger partial charge on any atom is -0.423 e. The number of benzene rings is 2. The maximum Gasteiger partial charge on any atom is 0.341 e. The lowest BCUT2D eigenvalue weighted by Gasteiger charge is -2.18. The zero-order valence-electron chi connectivity index (χ0n) is 20.1. The summed E-state index contributed by atoms with van der Waals surface area (Å²) in [5, 5.41) is 15.7. The van der Waals surface area contributed by atoms with Crippen LogP contribution in [0.3, 0.4) is 0 Å². The van der Waals surface area contributed by atoms with Crippen LogP contribution in [0.1, 0.15) is 11.6 Å². The number of nitrogens with zero attached hydrogens (tertiary/aromatic N) is 7. The molecule has 0 saturated carbocycles. The van der Waals surface area contributed by atoms with Crippen LogP contribution in [0.25, 0.3) is 5.69 Å². The number of nitrogens with one attached hydrogen (secondary N) is 1. The Labute approximate surface area is 208 Å². The Morgan fingerprint density at radius 1 is 1.03 bits per heavy atom. The molecule has 0 aliphatic carbocycles. The smallest absolute Gasteiger partial charge is 0.341 e. The molecule has 2 aromatic carbocycles. The molecule has 0 radical (unpaired) electrons. The van der Waals surface area contributed by atoms with E-state index in [1.807, 2.05) is 49.1 Å². The number of rotatable bonds is 8. The standard InChI is InChI=1S/C25H28N8O3/c1-31(2)18-5-3-17(4-6-18)13-27-21-14-34-24-22(15-35-23(21)24)33-25(28-29-30-33)36-20-9-7-19(8-10-20)32-12-11-26-16-32/h3-12,16,21-24,27H,13-15H2,1-2H3/t21-,22+,23-,24+/m1/s1. The van der Waals surface area contributed by atoms with Crippen LogP contribution < -0.4 is 15.0 Å². The van der Waals surface area contributed by atoms with Crippen LogP contribution in [0.2, 0.25) is 0 Å². The predicted molar refractivity (Wildman–Crippen MR) is 131 cm³/mol. The molecular formula is C25H28N8O3. The molecule has 2 aromatic heterocycles. The Hall–Kier alpha value is -3.80. The molecule has 0 unspecified atom stereocenters. The van der Waals surface area contributed by atoms with E-state index in [1.54, 1.807) is 17.2 Å². The summed E-state index contributed by atoms with van der Waals surface area (Å²) in [4.78, 5) is 6.17. The molecule has 11 heteroatoms. The van der Waals surface area contributed by atoms with Gasteiger partial charge in [-0.3, -0.25) is 0 Å². The normalized spacial score (nSPS) is 23.1. The predicted octanol–water partition coefficient (Wildman–Crippen LogP) is 2.21. The third-order valence-electron chi connectivity index (χ3n) is 6.67. The van der Waals surface area contributed by atoms with Gasteiger partial charge < -0.3 is 29.0 Å². The summed E-state index contributed by atoms with van der Waals surface area (Å²) in [6.07, 6.45) is 5.13.